The van der Waals surface area contributed by atoms with Crippen molar-refractivity contribution >= 4 is 11.9 Å². The van der Waals surface area contributed by atoms with Crippen LogP contribution < -0.4 is 5.32 Å². The van der Waals surface area contributed by atoms with Crippen molar-refractivity contribution in [2.75, 3.05) is 13.2 Å². The molecule has 0 heterocycles. The molecular formula is C12H19F2NO4. The van der Waals surface area contributed by atoms with E-state index in [2.05, 4.69) is 10.1 Å². The van der Waals surface area contributed by atoms with E-state index >= 15 is 0 Å². The van der Waals surface area contributed by atoms with Gasteiger partial charge in [0, 0.05) is 12.5 Å². The molecule has 5 nitrogen and oxygen atoms in total. The number of carbonyl (C=O) groups excluding carboxylic acids is 1. The molecule has 0 aliphatic carbocycles. The van der Waals surface area contributed by atoms with Crippen LogP contribution in [-0.2, 0) is 14.3 Å². The van der Waals surface area contributed by atoms with Crippen LogP contribution in [0.4, 0.5) is 8.78 Å². The number of rotatable bonds is 9. The summed E-state index contributed by atoms with van der Waals surface area (Å²) in [6.07, 6.45) is -1.16. The van der Waals surface area contributed by atoms with Crippen molar-refractivity contribution in [2.45, 2.75) is 32.7 Å². The van der Waals surface area contributed by atoms with Gasteiger partial charge in [-0.05, 0) is 19.4 Å². The fourth-order valence-electron chi connectivity index (χ4n) is 1.50. The van der Waals surface area contributed by atoms with Crippen molar-refractivity contribution < 1.29 is 28.2 Å². The quantitative estimate of drug-likeness (QED) is 0.629. The topological polar surface area (TPSA) is 75.6 Å². The zero-order valence-electron chi connectivity index (χ0n) is 11.0. The Morgan fingerprint density at radius 1 is 1.37 bits per heavy atom. The van der Waals surface area contributed by atoms with Crippen LogP contribution in [0.1, 0.15) is 26.7 Å². The number of ether oxygens (including phenoxy) is 1. The number of carbonyl (C=O) groups is 2. The van der Waals surface area contributed by atoms with Crippen molar-refractivity contribution in [3.05, 3.63) is 12.2 Å². The molecule has 0 aromatic rings. The maximum absolute atomic E-state index is 12.3. The molecule has 0 aromatic heterocycles. The third-order valence-corrected chi connectivity index (χ3v) is 2.43. The number of esters is 1. The lowest BCUT2D eigenvalue weighted by Crippen LogP contribution is -2.39. The van der Waals surface area contributed by atoms with Crippen molar-refractivity contribution in [2.24, 2.45) is 5.92 Å². The Kier molecular flexibility index (Phi) is 8.69. The molecule has 0 saturated carbocycles. The Balaban J connectivity index is 4.47. The zero-order chi connectivity index (χ0) is 14.8. The Morgan fingerprint density at radius 2 is 2.00 bits per heavy atom. The van der Waals surface area contributed by atoms with Crippen LogP contribution >= 0.6 is 0 Å². The SMILES string of the molecule is CCOC(=O)C[C@@H](C=C(F)F)CN[C@@H](CC)C(=O)O. The van der Waals surface area contributed by atoms with Crippen molar-refractivity contribution in [1.82, 2.24) is 5.32 Å². The van der Waals surface area contributed by atoms with Gasteiger partial charge in [-0.3, -0.25) is 9.59 Å². The third kappa shape index (κ3) is 8.25. The Hall–Kier alpha value is -1.50. The summed E-state index contributed by atoms with van der Waals surface area (Å²) in [7, 11) is 0. The highest BCUT2D eigenvalue weighted by atomic mass is 19.3. The van der Waals surface area contributed by atoms with Crippen LogP contribution in [-0.4, -0.2) is 36.2 Å². The van der Waals surface area contributed by atoms with Gasteiger partial charge in [-0.1, -0.05) is 6.92 Å². The van der Waals surface area contributed by atoms with Gasteiger partial charge in [0.15, 0.2) is 0 Å². The maximum Gasteiger partial charge on any atom is 0.320 e. The van der Waals surface area contributed by atoms with Crippen LogP contribution in [0.2, 0.25) is 0 Å². The molecule has 0 radical (unpaired) electrons. The van der Waals surface area contributed by atoms with Crippen molar-refractivity contribution in [1.29, 1.82) is 0 Å². The highest BCUT2D eigenvalue weighted by Crippen LogP contribution is 2.11. The number of aliphatic carboxylic acids is 1. The van der Waals surface area contributed by atoms with Crippen LogP contribution in [0.25, 0.3) is 0 Å². The Morgan fingerprint density at radius 3 is 2.42 bits per heavy atom. The lowest BCUT2D eigenvalue weighted by molar-refractivity contribution is -0.143. The van der Waals surface area contributed by atoms with Gasteiger partial charge in [0.2, 0.25) is 0 Å². The Labute approximate surface area is 110 Å². The monoisotopic (exact) mass is 279 g/mol. The van der Waals surface area contributed by atoms with Gasteiger partial charge in [-0.15, -0.1) is 0 Å². The summed E-state index contributed by atoms with van der Waals surface area (Å²) in [5.41, 5.74) is 0. The molecule has 0 rings (SSSR count). The van der Waals surface area contributed by atoms with E-state index in [4.69, 9.17) is 5.11 Å². The lowest BCUT2D eigenvalue weighted by atomic mass is 10.0. The molecule has 2 atom stereocenters. The summed E-state index contributed by atoms with van der Waals surface area (Å²) in [4.78, 5) is 22.0. The molecule has 0 aromatic carbocycles. The molecule has 0 fully saturated rings. The van der Waals surface area contributed by atoms with Gasteiger partial charge >= 0.3 is 11.9 Å². The second-order valence-corrected chi connectivity index (χ2v) is 3.93. The van der Waals surface area contributed by atoms with Crippen molar-refractivity contribution in [3.63, 3.8) is 0 Å². The minimum absolute atomic E-state index is 0.0268. The van der Waals surface area contributed by atoms with Gasteiger partial charge in [-0.25, -0.2) is 0 Å². The number of hydrogen-bond donors (Lipinski definition) is 2. The smallest absolute Gasteiger partial charge is 0.320 e. The van der Waals surface area contributed by atoms with Crippen LogP contribution in [0.5, 0.6) is 0 Å². The lowest BCUT2D eigenvalue weighted by Gasteiger charge is -2.16. The Bertz CT molecular complexity index is 330. The summed E-state index contributed by atoms with van der Waals surface area (Å²) in [5, 5.41) is 11.5. The van der Waals surface area contributed by atoms with E-state index < -0.39 is 30.0 Å². The van der Waals surface area contributed by atoms with E-state index in [1.54, 1.807) is 13.8 Å². The molecule has 110 valence electrons. The highest BCUT2D eigenvalue weighted by molar-refractivity contribution is 5.73. The summed E-state index contributed by atoms with van der Waals surface area (Å²) < 4.78 is 29.2. The first-order valence-corrected chi connectivity index (χ1v) is 6.05. The third-order valence-electron chi connectivity index (χ3n) is 2.43. The summed E-state index contributed by atoms with van der Waals surface area (Å²) in [6, 6.07) is -0.819. The second-order valence-electron chi connectivity index (χ2n) is 3.93. The average molecular weight is 279 g/mol. The van der Waals surface area contributed by atoms with E-state index in [1.807, 2.05) is 0 Å². The summed E-state index contributed by atoms with van der Waals surface area (Å²) >= 11 is 0. The van der Waals surface area contributed by atoms with E-state index in [-0.39, 0.29) is 19.6 Å². The number of hydrogen-bond acceptors (Lipinski definition) is 4. The number of carboxylic acids is 1. The molecule has 0 aliphatic heterocycles. The first-order chi connectivity index (χ1) is 8.90. The van der Waals surface area contributed by atoms with Crippen LogP contribution in [0.15, 0.2) is 12.2 Å². The fourth-order valence-corrected chi connectivity index (χ4v) is 1.50. The van der Waals surface area contributed by atoms with Gasteiger partial charge in [-0.2, -0.15) is 8.78 Å². The number of halogens is 2. The van der Waals surface area contributed by atoms with Crippen LogP contribution in [0.3, 0.4) is 0 Å². The largest absolute Gasteiger partial charge is 0.480 e. The minimum atomic E-state index is -1.90. The van der Waals surface area contributed by atoms with E-state index in [1.165, 1.54) is 0 Å². The normalized spacial score (nSPS) is 13.5. The predicted octanol–water partition coefficient (Wildman–Crippen LogP) is 1.79. The van der Waals surface area contributed by atoms with Gasteiger partial charge in [0.25, 0.3) is 6.08 Å². The van der Waals surface area contributed by atoms with Crippen molar-refractivity contribution in [3.8, 4) is 0 Å². The molecule has 0 amide bonds. The first-order valence-electron chi connectivity index (χ1n) is 6.05. The molecule has 19 heavy (non-hydrogen) atoms. The summed E-state index contributed by atoms with van der Waals surface area (Å²) in [6.45, 7) is 3.43. The minimum Gasteiger partial charge on any atom is -0.480 e. The highest BCUT2D eigenvalue weighted by Gasteiger charge is 2.19. The molecular weight excluding hydrogens is 260 g/mol. The molecule has 7 heteroatoms. The molecule has 2 N–H and O–H groups in total. The average Bonchev–Trinajstić information content (AvgIpc) is 2.28. The number of carboxylic acid groups (broad SMARTS) is 1. The van der Waals surface area contributed by atoms with Gasteiger partial charge in [0.1, 0.15) is 6.04 Å². The summed E-state index contributed by atoms with van der Waals surface area (Å²) in [5.74, 6) is -2.44. The molecule has 0 bridgehead atoms. The first kappa shape index (κ1) is 17.5. The molecule has 0 spiro atoms. The van der Waals surface area contributed by atoms with Gasteiger partial charge in [0.05, 0.1) is 13.0 Å². The standard InChI is InChI=1S/C12H19F2NO4/c1-3-9(12(17)18)15-7-8(5-10(13)14)6-11(16)19-4-2/h5,8-9,15H,3-4,6-7H2,1-2H3,(H,17,18)/t8-,9+/m1/s1. The van der Waals surface area contributed by atoms with E-state index in [0.29, 0.717) is 12.5 Å². The van der Waals surface area contributed by atoms with Gasteiger partial charge < -0.3 is 15.2 Å². The predicted molar refractivity (Wildman–Crippen MR) is 64.8 cm³/mol. The second kappa shape index (κ2) is 9.43. The maximum atomic E-state index is 12.3. The molecule has 0 saturated heterocycles. The van der Waals surface area contributed by atoms with Crippen LogP contribution in [0, 0.1) is 5.92 Å². The number of nitrogens with one attached hydrogen (secondary N) is 1. The van der Waals surface area contributed by atoms with E-state index in [9.17, 15) is 18.4 Å². The zero-order valence-corrected chi connectivity index (χ0v) is 11.0. The van der Waals surface area contributed by atoms with E-state index in [0.717, 1.165) is 0 Å². The molecule has 0 unspecified atom stereocenters. The molecule has 0 aliphatic rings. The fraction of sp³-hybridized carbons (Fsp3) is 0.667.